The molecule has 10 heavy (non-hydrogen) atoms. The maximum atomic E-state index is 5.40. The monoisotopic (exact) mass is 143 g/mol. The van der Waals surface area contributed by atoms with Crippen LogP contribution in [0.15, 0.2) is 4.52 Å². The van der Waals surface area contributed by atoms with Crippen molar-refractivity contribution in [1.29, 1.82) is 0 Å². The van der Waals surface area contributed by atoms with Gasteiger partial charge in [-0.2, -0.15) is 5.01 Å². The Labute approximate surface area is 59.0 Å². The van der Waals surface area contributed by atoms with Crippen LogP contribution in [0.4, 0.5) is 5.88 Å². The summed E-state index contributed by atoms with van der Waals surface area (Å²) in [5.41, 5.74) is 6.21. The highest BCUT2D eigenvalue weighted by Gasteiger charge is 2.19. The maximum absolute atomic E-state index is 5.40. The van der Waals surface area contributed by atoms with E-state index in [0.29, 0.717) is 5.88 Å². The van der Waals surface area contributed by atoms with Gasteiger partial charge >= 0.3 is 5.69 Å². The van der Waals surface area contributed by atoms with Crippen molar-refractivity contribution in [2.45, 2.75) is 6.92 Å². The zero-order valence-electron chi connectivity index (χ0n) is 6.33. The molecule has 0 saturated heterocycles. The third-order valence-electron chi connectivity index (χ3n) is 1.25. The van der Waals surface area contributed by atoms with Crippen LogP contribution in [0.1, 0.15) is 5.69 Å². The zero-order valence-corrected chi connectivity index (χ0v) is 6.33. The second-order valence-corrected chi connectivity index (χ2v) is 2.26. The van der Waals surface area contributed by atoms with Crippen molar-refractivity contribution >= 4 is 5.88 Å². The van der Waals surface area contributed by atoms with Crippen molar-refractivity contribution < 1.29 is 9.31 Å². The lowest BCUT2D eigenvalue weighted by Crippen LogP contribution is -2.55. The first-order valence-electron chi connectivity index (χ1n) is 2.94. The van der Waals surface area contributed by atoms with Gasteiger partial charge in [0, 0.05) is 6.92 Å². The number of aromatic nitrogens is 2. The number of rotatable bonds is 1. The van der Waals surface area contributed by atoms with Crippen molar-refractivity contribution in [3.63, 3.8) is 0 Å². The van der Waals surface area contributed by atoms with Gasteiger partial charge in [-0.1, -0.05) is 0 Å². The molecular weight excluding hydrogens is 132 g/mol. The molecule has 0 aliphatic rings. The van der Waals surface area contributed by atoms with Crippen molar-refractivity contribution in [3.05, 3.63) is 5.69 Å². The summed E-state index contributed by atoms with van der Waals surface area (Å²) in [5.74, 6) is 0.355. The van der Waals surface area contributed by atoms with Crippen molar-refractivity contribution in [3.8, 4) is 0 Å². The molecular formula is C5H11N4O+. The summed E-state index contributed by atoms with van der Waals surface area (Å²) >= 11 is 0. The van der Waals surface area contributed by atoms with Gasteiger partial charge in [0.1, 0.15) is 0 Å². The first-order chi connectivity index (χ1) is 4.63. The molecule has 0 unspecified atom stereocenters. The molecule has 0 saturated carbocycles. The largest absolute Gasteiger partial charge is 0.362 e. The SMILES string of the molecule is Cc1c(N)on[n+]1N(C)C. The number of hydrogen-bond acceptors (Lipinski definition) is 4. The smallest absolute Gasteiger partial charge is 0.304 e. The maximum Gasteiger partial charge on any atom is 0.304 e. The van der Waals surface area contributed by atoms with E-state index in [1.54, 1.807) is 9.80 Å². The highest BCUT2D eigenvalue weighted by Crippen LogP contribution is 1.99. The van der Waals surface area contributed by atoms with E-state index in [4.69, 9.17) is 10.3 Å². The lowest BCUT2D eigenvalue weighted by molar-refractivity contribution is -0.758. The van der Waals surface area contributed by atoms with Gasteiger partial charge in [0.05, 0.1) is 18.9 Å². The highest BCUT2D eigenvalue weighted by molar-refractivity contribution is 5.22. The number of nitrogens with zero attached hydrogens (tertiary/aromatic N) is 3. The van der Waals surface area contributed by atoms with Crippen LogP contribution in [0, 0.1) is 6.92 Å². The molecule has 2 N–H and O–H groups in total. The van der Waals surface area contributed by atoms with Gasteiger partial charge in [0.25, 0.3) is 5.88 Å². The lowest BCUT2D eigenvalue weighted by atomic mass is 10.5. The Kier molecular flexibility index (Phi) is 1.48. The van der Waals surface area contributed by atoms with Crippen molar-refractivity contribution in [2.24, 2.45) is 0 Å². The highest BCUT2D eigenvalue weighted by atomic mass is 16.5. The van der Waals surface area contributed by atoms with E-state index in [2.05, 4.69) is 5.27 Å². The van der Waals surface area contributed by atoms with Gasteiger partial charge in [0.15, 0.2) is 0 Å². The van der Waals surface area contributed by atoms with Gasteiger partial charge in [-0.25, -0.2) is 0 Å². The van der Waals surface area contributed by atoms with E-state index in [-0.39, 0.29) is 0 Å². The molecule has 0 aliphatic carbocycles. The third-order valence-corrected chi connectivity index (χ3v) is 1.25. The van der Waals surface area contributed by atoms with E-state index >= 15 is 0 Å². The van der Waals surface area contributed by atoms with E-state index in [1.807, 2.05) is 21.0 Å². The fourth-order valence-corrected chi connectivity index (χ4v) is 0.682. The van der Waals surface area contributed by atoms with E-state index < -0.39 is 0 Å². The Balaban J connectivity index is 3.05. The van der Waals surface area contributed by atoms with Gasteiger partial charge in [-0.05, 0) is 0 Å². The Morgan fingerprint density at radius 2 is 2.20 bits per heavy atom. The Morgan fingerprint density at radius 1 is 1.60 bits per heavy atom. The molecule has 5 nitrogen and oxygen atoms in total. The summed E-state index contributed by atoms with van der Waals surface area (Å²) in [4.78, 5) is 1.58. The molecule has 0 bridgehead atoms. The zero-order chi connectivity index (χ0) is 7.72. The van der Waals surface area contributed by atoms with Gasteiger partial charge < -0.3 is 5.73 Å². The molecule has 0 amide bonds. The van der Waals surface area contributed by atoms with Gasteiger partial charge in [-0.3, -0.25) is 4.52 Å². The van der Waals surface area contributed by atoms with Crippen LogP contribution >= 0.6 is 0 Å². The minimum Gasteiger partial charge on any atom is -0.362 e. The average Bonchev–Trinajstić information content (AvgIpc) is 2.14. The van der Waals surface area contributed by atoms with Gasteiger partial charge in [0.2, 0.25) is 5.27 Å². The lowest BCUT2D eigenvalue weighted by Gasteiger charge is -1.96. The molecule has 0 spiro atoms. The standard InChI is InChI=1S/C5H11N4O/c1-4-5(6)10-7-9(4)8(2)3/h6H2,1-3H3/q+1. The van der Waals surface area contributed by atoms with Crippen LogP contribution in [-0.4, -0.2) is 19.4 Å². The molecule has 1 heterocycles. The molecule has 0 atom stereocenters. The molecule has 0 aliphatic heterocycles. The summed E-state index contributed by atoms with van der Waals surface area (Å²) < 4.78 is 4.71. The minimum atomic E-state index is 0.355. The molecule has 0 radical (unpaired) electrons. The molecule has 56 valence electrons. The average molecular weight is 143 g/mol. The fourth-order valence-electron chi connectivity index (χ4n) is 0.682. The van der Waals surface area contributed by atoms with Crippen LogP contribution in [0.5, 0.6) is 0 Å². The van der Waals surface area contributed by atoms with E-state index in [9.17, 15) is 0 Å². The second-order valence-electron chi connectivity index (χ2n) is 2.26. The quantitative estimate of drug-likeness (QED) is 0.515. The van der Waals surface area contributed by atoms with Crippen LogP contribution in [-0.2, 0) is 0 Å². The summed E-state index contributed by atoms with van der Waals surface area (Å²) in [6.07, 6.45) is 0. The summed E-state index contributed by atoms with van der Waals surface area (Å²) in [7, 11) is 3.71. The number of nitrogens with two attached hydrogens (primary N) is 1. The predicted molar refractivity (Wildman–Crippen MR) is 35.9 cm³/mol. The molecule has 1 aromatic rings. The molecule has 0 fully saturated rings. The second kappa shape index (κ2) is 2.17. The van der Waals surface area contributed by atoms with Crippen LogP contribution in [0.3, 0.4) is 0 Å². The van der Waals surface area contributed by atoms with E-state index in [1.165, 1.54) is 0 Å². The van der Waals surface area contributed by atoms with Crippen LogP contribution < -0.4 is 15.5 Å². The third kappa shape index (κ3) is 0.896. The predicted octanol–water partition coefficient (Wildman–Crippen LogP) is -0.950. The van der Waals surface area contributed by atoms with Crippen molar-refractivity contribution in [2.75, 3.05) is 24.8 Å². The Bertz CT molecular complexity index is 230. The number of anilines is 1. The first-order valence-corrected chi connectivity index (χ1v) is 2.94. The fraction of sp³-hybridized carbons (Fsp3) is 0.600. The molecule has 0 aromatic carbocycles. The summed E-state index contributed by atoms with van der Waals surface area (Å²) in [6.45, 7) is 1.84. The topological polar surface area (TPSA) is 59.2 Å². The summed E-state index contributed by atoms with van der Waals surface area (Å²) in [5, 5.41) is 5.43. The normalized spacial score (nSPS) is 9.90. The molecule has 1 rings (SSSR count). The van der Waals surface area contributed by atoms with Gasteiger partial charge in [-0.15, -0.1) is 0 Å². The Hall–Kier alpha value is -1.26. The van der Waals surface area contributed by atoms with E-state index in [0.717, 1.165) is 5.69 Å². The minimum absolute atomic E-state index is 0.355. The molecule has 5 heteroatoms. The van der Waals surface area contributed by atoms with Crippen molar-refractivity contribution in [1.82, 2.24) is 5.27 Å². The Morgan fingerprint density at radius 3 is 2.40 bits per heavy atom. The first kappa shape index (κ1) is 6.85. The molecule has 1 aromatic heterocycles. The van der Waals surface area contributed by atoms with Crippen LogP contribution in [0.25, 0.3) is 0 Å². The number of nitrogen functional groups attached to an aromatic ring is 1. The number of hydrogen-bond donors (Lipinski definition) is 1. The summed E-state index contributed by atoms with van der Waals surface area (Å²) in [6, 6.07) is 0. The van der Waals surface area contributed by atoms with Crippen LogP contribution in [0.2, 0.25) is 0 Å².